The van der Waals surface area contributed by atoms with Gasteiger partial charge >= 0.3 is 6.03 Å². The third-order valence-electron chi connectivity index (χ3n) is 5.32. The van der Waals surface area contributed by atoms with Gasteiger partial charge in [-0.1, -0.05) is 30.3 Å². The molecule has 0 aromatic heterocycles. The van der Waals surface area contributed by atoms with Crippen LogP contribution < -0.4 is 0 Å². The Morgan fingerprint density at radius 1 is 1.12 bits per heavy atom. The summed E-state index contributed by atoms with van der Waals surface area (Å²) in [5, 5.41) is 0. The number of hydrogen-bond acceptors (Lipinski definition) is 5. The van der Waals surface area contributed by atoms with Gasteiger partial charge in [0, 0.05) is 33.7 Å². The second-order valence-corrected chi connectivity index (χ2v) is 6.85. The maximum Gasteiger partial charge on any atom is 0.328 e. The topological polar surface area (TPSA) is 59.5 Å². The predicted molar refractivity (Wildman–Crippen MR) is 94.0 cm³/mol. The molecule has 4 rings (SSSR count). The van der Waals surface area contributed by atoms with E-state index < -0.39 is 6.17 Å². The van der Waals surface area contributed by atoms with Crippen molar-refractivity contribution in [1.29, 1.82) is 0 Å². The second kappa shape index (κ2) is 6.06. The normalized spacial score (nSPS) is 25.4. The largest absolute Gasteiger partial charge is 0.341 e. The number of imide groups is 1. The lowest BCUT2D eigenvalue weighted by atomic mass is 10.1. The van der Waals surface area contributed by atoms with Crippen LogP contribution in [0.25, 0.3) is 0 Å². The lowest BCUT2D eigenvalue weighted by molar-refractivity contribution is -0.135. The molecule has 1 aromatic rings. The molecule has 132 valence electrons. The maximum atomic E-state index is 12.6. The van der Waals surface area contributed by atoms with Gasteiger partial charge in [0.15, 0.2) is 18.2 Å². The van der Waals surface area contributed by atoms with Gasteiger partial charge in [-0.25, -0.2) is 9.79 Å². The van der Waals surface area contributed by atoms with Gasteiger partial charge < -0.3 is 14.7 Å². The third-order valence-corrected chi connectivity index (χ3v) is 5.32. The van der Waals surface area contributed by atoms with Crippen LogP contribution in [0.4, 0.5) is 4.79 Å². The van der Waals surface area contributed by atoms with E-state index in [9.17, 15) is 9.59 Å². The Morgan fingerprint density at radius 3 is 2.64 bits per heavy atom. The van der Waals surface area contributed by atoms with Gasteiger partial charge in [0.25, 0.3) is 5.91 Å². The zero-order chi connectivity index (χ0) is 17.6. The zero-order valence-electron chi connectivity index (χ0n) is 14.6. The summed E-state index contributed by atoms with van der Waals surface area (Å²) < 4.78 is 0. The quantitative estimate of drug-likeness (QED) is 0.814. The molecule has 0 aliphatic carbocycles. The highest BCUT2D eigenvalue weighted by atomic mass is 16.2. The van der Waals surface area contributed by atoms with Crippen molar-refractivity contribution in [2.24, 2.45) is 4.99 Å². The van der Waals surface area contributed by atoms with Gasteiger partial charge in [-0.05, 0) is 18.4 Å². The van der Waals surface area contributed by atoms with Crippen molar-refractivity contribution in [2.45, 2.75) is 25.0 Å². The summed E-state index contributed by atoms with van der Waals surface area (Å²) >= 11 is 0. The molecule has 0 bridgehead atoms. The van der Waals surface area contributed by atoms with E-state index in [1.807, 2.05) is 6.07 Å². The lowest BCUT2D eigenvalue weighted by Gasteiger charge is -2.38. The Bertz CT molecular complexity index is 719. The molecule has 0 saturated carbocycles. The van der Waals surface area contributed by atoms with Crippen molar-refractivity contribution >= 4 is 17.9 Å². The molecular formula is C18H23N5O2. The van der Waals surface area contributed by atoms with Crippen LogP contribution in [0.2, 0.25) is 0 Å². The van der Waals surface area contributed by atoms with E-state index in [1.165, 1.54) is 10.5 Å². The maximum absolute atomic E-state index is 12.6. The summed E-state index contributed by atoms with van der Waals surface area (Å²) in [7, 11) is 3.26. The van der Waals surface area contributed by atoms with Crippen molar-refractivity contribution < 1.29 is 9.59 Å². The lowest BCUT2D eigenvalue weighted by Crippen LogP contribution is -2.63. The molecule has 3 amide bonds. The number of benzene rings is 1. The van der Waals surface area contributed by atoms with E-state index in [1.54, 1.807) is 19.0 Å². The Kier molecular flexibility index (Phi) is 3.86. The van der Waals surface area contributed by atoms with E-state index in [2.05, 4.69) is 34.1 Å². The minimum absolute atomic E-state index is 0.155. The van der Waals surface area contributed by atoms with Crippen molar-refractivity contribution in [3.8, 4) is 0 Å². The first-order valence-electron chi connectivity index (χ1n) is 8.75. The van der Waals surface area contributed by atoms with Crippen molar-refractivity contribution in [1.82, 2.24) is 19.6 Å². The number of guanidine groups is 1. The van der Waals surface area contributed by atoms with Crippen LogP contribution in [0, 0.1) is 0 Å². The number of amides is 3. The number of hydrogen-bond donors (Lipinski definition) is 0. The van der Waals surface area contributed by atoms with Gasteiger partial charge in [-0.15, -0.1) is 0 Å². The fourth-order valence-corrected chi connectivity index (χ4v) is 3.91. The van der Waals surface area contributed by atoms with Crippen LogP contribution in [0.15, 0.2) is 35.3 Å². The minimum Gasteiger partial charge on any atom is -0.341 e. The third kappa shape index (κ3) is 2.54. The van der Waals surface area contributed by atoms with Crippen molar-refractivity contribution in [3.63, 3.8) is 0 Å². The second-order valence-electron chi connectivity index (χ2n) is 6.85. The first-order valence-corrected chi connectivity index (χ1v) is 8.75. The van der Waals surface area contributed by atoms with E-state index in [0.717, 1.165) is 38.4 Å². The Labute approximate surface area is 147 Å². The predicted octanol–water partition coefficient (Wildman–Crippen LogP) is 0.825. The van der Waals surface area contributed by atoms with Crippen LogP contribution >= 0.6 is 0 Å². The Morgan fingerprint density at radius 2 is 1.88 bits per heavy atom. The molecule has 2 fully saturated rings. The molecule has 0 radical (unpaired) electrons. The fraction of sp³-hybridized carbons (Fsp3) is 0.500. The number of rotatable bonds is 4. The van der Waals surface area contributed by atoms with Crippen LogP contribution in [-0.2, 0) is 11.2 Å². The molecule has 3 aliphatic heterocycles. The average Bonchev–Trinajstić information content (AvgIpc) is 3.19. The number of aryl methyl sites for hydroxylation is 1. The van der Waals surface area contributed by atoms with Gasteiger partial charge in [0.05, 0.1) is 0 Å². The fourth-order valence-electron chi connectivity index (χ4n) is 3.91. The molecule has 2 unspecified atom stereocenters. The number of carbonyl (C=O) groups excluding carboxylic acids is 2. The smallest absolute Gasteiger partial charge is 0.328 e. The van der Waals surface area contributed by atoms with Gasteiger partial charge in [0.1, 0.15) is 0 Å². The van der Waals surface area contributed by atoms with Crippen molar-refractivity contribution in [3.05, 3.63) is 35.9 Å². The van der Waals surface area contributed by atoms with Gasteiger partial charge in [0.2, 0.25) is 0 Å². The van der Waals surface area contributed by atoms with Crippen LogP contribution in [0.3, 0.4) is 0 Å². The van der Waals surface area contributed by atoms with E-state index in [-0.39, 0.29) is 18.0 Å². The highest BCUT2D eigenvalue weighted by Gasteiger charge is 2.53. The summed E-state index contributed by atoms with van der Waals surface area (Å²) in [4.78, 5) is 36.5. The van der Waals surface area contributed by atoms with E-state index >= 15 is 0 Å². The molecule has 0 spiro atoms. The molecule has 3 heterocycles. The molecular weight excluding hydrogens is 318 g/mol. The summed E-state index contributed by atoms with van der Waals surface area (Å²) in [5.74, 6) is 0.712. The first-order chi connectivity index (χ1) is 12.1. The SMILES string of the molecule is CN1C(=O)C2C(N=C3N(CCCc4ccccc4)CCN32)N(C)C1=O. The summed E-state index contributed by atoms with van der Waals surface area (Å²) in [6, 6.07) is 9.79. The molecule has 3 aliphatic rings. The zero-order valence-corrected chi connectivity index (χ0v) is 14.6. The summed E-state index contributed by atoms with van der Waals surface area (Å²) in [6.45, 7) is 2.57. The van der Waals surface area contributed by atoms with Crippen LogP contribution in [0.5, 0.6) is 0 Å². The first kappa shape index (κ1) is 15.9. The molecule has 1 aromatic carbocycles. The number of likely N-dealkylation sites (N-methyl/N-ethyl adjacent to an activating group) is 2. The average molecular weight is 341 g/mol. The van der Waals surface area contributed by atoms with Crippen LogP contribution in [0.1, 0.15) is 12.0 Å². The standard InChI is InChI=1S/C18H23N5O2/c1-20-15-14(16(24)21(2)18(20)25)23-12-11-22(17(23)19-15)10-6-9-13-7-4-3-5-8-13/h3-5,7-8,14-15H,6,9-12H2,1-2H3. The monoisotopic (exact) mass is 341 g/mol. The molecule has 2 atom stereocenters. The number of nitrogens with zero attached hydrogens (tertiary/aromatic N) is 5. The molecule has 7 heteroatoms. The Hall–Kier alpha value is -2.57. The highest BCUT2D eigenvalue weighted by Crippen LogP contribution is 2.30. The molecule has 0 N–H and O–H groups in total. The van der Waals surface area contributed by atoms with Crippen molar-refractivity contribution in [2.75, 3.05) is 33.7 Å². The van der Waals surface area contributed by atoms with Gasteiger partial charge in [-0.2, -0.15) is 0 Å². The Balaban J connectivity index is 1.44. The van der Waals surface area contributed by atoms with E-state index in [0.29, 0.717) is 0 Å². The number of fused-ring (bicyclic) bond motifs is 3. The molecule has 25 heavy (non-hydrogen) atoms. The van der Waals surface area contributed by atoms with Crippen LogP contribution in [-0.4, -0.2) is 83.4 Å². The minimum atomic E-state index is -0.400. The highest BCUT2D eigenvalue weighted by molar-refractivity contribution is 6.03. The molecule has 7 nitrogen and oxygen atoms in total. The molecule has 2 saturated heterocycles. The van der Waals surface area contributed by atoms with Gasteiger partial charge in [-0.3, -0.25) is 9.69 Å². The summed E-state index contributed by atoms with van der Waals surface area (Å²) in [5.41, 5.74) is 1.34. The number of urea groups is 1. The number of carbonyl (C=O) groups is 2. The van der Waals surface area contributed by atoms with E-state index in [4.69, 9.17) is 4.99 Å². The summed E-state index contributed by atoms with van der Waals surface area (Å²) in [6.07, 6.45) is 1.66. The number of aliphatic imine (C=N–C) groups is 1.